The van der Waals surface area contributed by atoms with Crippen molar-refractivity contribution in [3.63, 3.8) is 0 Å². The van der Waals surface area contributed by atoms with E-state index in [1.54, 1.807) is 0 Å². The second kappa shape index (κ2) is 7.53. The predicted molar refractivity (Wildman–Crippen MR) is 100 cm³/mol. The van der Waals surface area contributed by atoms with Crippen molar-refractivity contribution in [3.8, 4) is 5.75 Å². The number of allylic oxidation sites excluding steroid dienone is 1. The van der Waals surface area contributed by atoms with Crippen molar-refractivity contribution in [2.75, 3.05) is 12.4 Å². The van der Waals surface area contributed by atoms with Crippen LogP contribution in [0.4, 0.5) is 0 Å². The van der Waals surface area contributed by atoms with E-state index in [4.69, 9.17) is 4.74 Å². The van der Waals surface area contributed by atoms with Crippen molar-refractivity contribution >= 4 is 17.7 Å². The fourth-order valence-corrected chi connectivity index (χ4v) is 3.98. The molecule has 0 spiro atoms. The first kappa shape index (κ1) is 17.1. The van der Waals surface area contributed by atoms with E-state index < -0.39 is 0 Å². The number of hydrogen-bond donors (Lipinski definition) is 1. The molecule has 1 fully saturated rings. The van der Waals surface area contributed by atoms with Crippen LogP contribution in [0.25, 0.3) is 0 Å². The van der Waals surface area contributed by atoms with E-state index in [9.17, 15) is 4.79 Å². The number of rotatable bonds is 7. The molecule has 2 heterocycles. The molecule has 4 rings (SSSR count). The molecule has 1 saturated carbocycles. The number of amides is 1. The average Bonchev–Trinajstić information content (AvgIpc) is 3.42. The minimum absolute atomic E-state index is 0.00104. The van der Waals surface area contributed by atoms with Gasteiger partial charge in [-0.25, -0.2) is 0 Å². The lowest BCUT2D eigenvalue weighted by molar-refractivity contribution is -0.119. The summed E-state index contributed by atoms with van der Waals surface area (Å²) >= 11 is 1.43. The van der Waals surface area contributed by atoms with Gasteiger partial charge in [0.2, 0.25) is 5.91 Å². The summed E-state index contributed by atoms with van der Waals surface area (Å²) in [6.07, 6.45) is 4.97. The van der Waals surface area contributed by atoms with Crippen LogP contribution < -0.4 is 10.1 Å². The molecule has 1 amide bonds. The molecule has 0 bridgehead atoms. The molecule has 6 nitrogen and oxygen atoms in total. The molecule has 0 saturated heterocycles. The number of aromatic nitrogens is 3. The molecule has 136 valence electrons. The molecular weight excluding hydrogens is 348 g/mol. The van der Waals surface area contributed by atoms with Gasteiger partial charge < -0.3 is 14.6 Å². The van der Waals surface area contributed by atoms with Gasteiger partial charge in [0.15, 0.2) is 5.16 Å². The minimum atomic E-state index is -0.00201. The number of nitrogens with zero attached hydrogens (tertiary/aromatic N) is 3. The third-order valence-electron chi connectivity index (χ3n) is 4.63. The summed E-state index contributed by atoms with van der Waals surface area (Å²) in [4.78, 5) is 12.5. The lowest BCUT2D eigenvalue weighted by Crippen LogP contribution is -2.33. The van der Waals surface area contributed by atoms with Crippen molar-refractivity contribution in [3.05, 3.63) is 48.3 Å². The van der Waals surface area contributed by atoms with Gasteiger partial charge in [-0.2, -0.15) is 0 Å². The third kappa shape index (κ3) is 3.62. The second-order valence-corrected chi connectivity index (χ2v) is 7.54. The van der Waals surface area contributed by atoms with Crippen LogP contribution in [0.15, 0.2) is 42.1 Å². The van der Waals surface area contributed by atoms with Crippen LogP contribution in [0.1, 0.15) is 42.6 Å². The van der Waals surface area contributed by atoms with Crippen LogP contribution >= 0.6 is 11.8 Å². The van der Waals surface area contributed by atoms with Gasteiger partial charge in [0.05, 0.1) is 18.4 Å². The summed E-state index contributed by atoms with van der Waals surface area (Å²) in [5.74, 6) is 2.71. The monoisotopic (exact) mass is 370 g/mol. The van der Waals surface area contributed by atoms with Crippen LogP contribution in [0.5, 0.6) is 5.75 Å². The number of ether oxygens (including phenoxy) is 1. The number of fused-ring (bicyclic) bond motifs is 1. The molecule has 1 aromatic heterocycles. The maximum Gasteiger partial charge on any atom is 0.230 e. The SMILES string of the molecule is C=CCn1c(SCC(=O)NC2CCOc3ccccc32)nnc1C1CC1. The number of benzene rings is 1. The number of thioether (sulfide) groups is 1. The van der Waals surface area contributed by atoms with Gasteiger partial charge in [0, 0.05) is 24.4 Å². The Balaban J connectivity index is 1.38. The van der Waals surface area contributed by atoms with Gasteiger partial charge in [0.1, 0.15) is 11.6 Å². The molecular formula is C19H22N4O2S. The van der Waals surface area contributed by atoms with Crippen molar-refractivity contribution < 1.29 is 9.53 Å². The zero-order valence-corrected chi connectivity index (χ0v) is 15.4. The molecule has 7 heteroatoms. The summed E-state index contributed by atoms with van der Waals surface area (Å²) in [5, 5.41) is 12.5. The first-order valence-corrected chi connectivity index (χ1v) is 9.92. The molecule has 1 atom stereocenters. The van der Waals surface area contributed by atoms with Gasteiger partial charge in [-0.15, -0.1) is 16.8 Å². The summed E-state index contributed by atoms with van der Waals surface area (Å²) in [7, 11) is 0. The lowest BCUT2D eigenvalue weighted by Gasteiger charge is -2.26. The highest BCUT2D eigenvalue weighted by Gasteiger charge is 2.30. The molecule has 1 aliphatic heterocycles. The van der Waals surface area contributed by atoms with Gasteiger partial charge in [-0.1, -0.05) is 36.0 Å². The first-order chi connectivity index (χ1) is 12.8. The van der Waals surface area contributed by atoms with Crippen LogP contribution in [0, 0.1) is 0 Å². The van der Waals surface area contributed by atoms with E-state index in [1.807, 2.05) is 30.3 Å². The fraction of sp³-hybridized carbons (Fsp3) is 0.421. The summed E-state index contributed by atoms with van der Waals surface area (Å²) in [6.45, 7) is 5.11. The van der Waals surface area contributed by atoms with E-state index in [-0.39, 0.29) is 11.9 Å². The smallest absolute Gasteiger partial charge is 0.230 e. The van der Waals surface area contributed by atoms with Gasteiger partial charge >= 0.3 is 0 Å². The number of carbonyl (C=O) groups is 1. The summed E-state index contributed by atoms with van der Waals surface area (Å²) < 4.78 is 7.73. The zero-order valence-electron chi connectivity index (χ0n) is 14.6. The van der Waals surface area contributed by atoms with E-state index in [0.717, 1.165) is 28.7 Å². The van der Waals surface area contributed by atoms with E-state index in [1.165, 1.54) is 24.6 Å². The Morgan fingerprint density at radius 2 is 2.19 bits per heavy atom. The molecule has 2 aromatic rings. The maximum atomic E-state index is 12.5. The summed E-state index contributed by atoms with van der Waals surface area (Å²) in [5.41, 5.74) is 1.04. The van der Waals surface area contributed by atoms with Crippen molar-refractivity contribution in [2.24, 2.45) is 0 Å². The average molecular weight is 370 g/mol. The standard InChI is InChI=1S/C19H22N4O2S/c1-2-10-23-18(13-7-8-13)21-22-19(23)26-12-17(24)20-15-9-11-25-16-6-4-3-5-14(15)16/h2-6,13,15H,1,7-12H2,(H,20,24). The molecule has 2 aliphatic rings. The van der Waals surface area contributed by atoms with Crippen LogP contribution in [0.3, 0.4) is 0 Å². The maximum absolute atomic E-state index is 12.5. The normalized spacial score (nSPS) is 18.7. The Morgan fingerprint density at radius 3 is 3.00 bits per heavy atom. The molecule has 1 aromatic carbocycles. The highest BCUT2D eigenvalue weighted by molar-refractivity contribution is 7.99. The van der Waals surface area contributed by atoms with E-state index in [2.05, 4.69) is 26.7 Å². The van der Waals surface area contributed by atoms with Gasteiger partial charge in [-0.3, -0.25) is 4.79 Å². The Kier molecular flexibility index (Phi) is 4.97. The minimum Gasteiger partial charge on any atom is -0.493 e. The van der Waals surface area contributed by atoms with E-state index >= 15 is 0 Å². The summed E-state index contributed by atoms with van der Waals surface area (Å²) in [6, 6.07) is 7.87. The van der Waals surface area contributed by atoms with Crippen LogP contribution in [0.2, 0.25) is 0 Å². The number of para-hydroxylation sites is 1. The molecule has 26 heavy (non-hydrogen) atoms. The van der Waals surface area contributed by atoms with Gasteiger partial charge in [0.25, 0.3) is 0 Å². The molecule has 0 radical (unpaired) electrons. The highest BCUT2D eigenvalue weighted by atomic mass is 32.2. The molecule has 1 N–H and O–H groups in total. The lowest BCUT2D eigenvalue weighted by atomic mass is 10.0. The molecule has 1 unspecified atom stereocenters. The predicted octanol–water partition coefficient (Wildman–Crippen LogP) is 3.07. The third-order valence-corrected chi connectivity index (χ3v) is 5.59. The Morgan fingerprint density at radius 1 is 1.35 bits per heavy atom. The number of hydrogen-bond acceptors (Lipinski definition) is 5. The Labute approximate surface area is 157 Å². The van der Waals surface area contributed by atoms with E-state index in [0.29, 0.717) is 24.8 Å². The van der Waals surface area contributed by atoms with Crippen molar-refractivity contribution in [1.82, 2.24) is 20.1 Å². The Hall–Kier alpha value is -2.28. The zero-order chi connectivity index (χ0) is 17.9. The second-order valence-electron chi connectivity index (χ2n) is 6.60. The number of carbonyl (C=O) groups excluding carboxylic acids is 1. The topological polar surface area (TPSA) is 69.0 Å². The largest absolute Gasteiger partial charge is 0.493 e. The van der Waals surface area contributed by atoms with Crippen molar-refractivity contribution in [2.45, 2.75) is 42.9 Å². The fourth-order valence-electron chi connectivity index (χ4n) is 3.21. The quantitative estimate of drug-likeness (QED) is 0.599. The van der Waals surface area contributed by atoms with Gasteiger partial charge in [-0.05, 0) is 18.9 Å². The first-order valence-electron chi connectivity index (χ1n) is 8.94. The van der Waals surface area contributed by atoms with Crippen molar-refractivity contribution in [1.29, 1.82) is 0 Å². The molecule has 1 aliphatic carbocycles. The van der Waals surface area contributed by atoms with Crippen LogP contribution in [-0.4, -0.2) is 33.0 Å². The Bertz CT molecular complexity index is 816. The van der Waals surface area contributed by atoms with Crippen LogP contribution in [-0.2, 0) is 11.3 Å². The number of nitrogens with one attached hydrogen (secondary N) is 1. The highest BCUT2D eigenvalue weighted by Crippen LogP contribution is 2.40.